The predicted octanol–water partition coefficient (Wildman–Crippen LogP) is 4.10. The van der Waals surface area contributed by atoms with Gasteiger partial charge in [-0.15, -0.1) is 11.3 Å². The summed E-state index contributed by atoms with van der Waals surface area (Å²) in [4.78, 5) is 1.39. The third kappa shape index (κ3) is 3.01. The number of rotatable bonds is 4. The van der Waals surface area contributed by atoms with Crippen LogP contribution in [0.2, 0.25) is 0 Å². The molecule has 0 aliphatic rings. The Balaban J connectivity index is 2.39. The van der Waals surface area contributed by atoms with Crippen LogP contribution in [0.1, 0.15) is 30.3 Å². The monoisotopic (exact) mass is 274 g/mol. The van der Waals surface area contributed by atoms with Crippen LogP contribution in [0.15, 0.2) is 30.3 Å². The van der Waals surface area contributed by atoms with Crippen LogP contribution in [0, 0.1) is 17.1 Å². The van der Waals surface area contributed by atoms with Gasteiger partial charge >= 0.3 is 0 Å². The molecular weight excluding hydrogens is 259 g/mol. The van der Waals surface area contributed by atoms with Crippen LogP contribution in [0.4, 0.5) is 4.39 Å². The van der Waals surface area contributed by atoms with E-state index in [1.54, 1.807) is 18.2 Å². The second kappa shape index (κ2) is 5.96. The minimum Gasteiger partial charge on any atom is -0.310 e. The molecule has 1 atom stereocenters. The number of benzene rings is 1. The van der Waals surface area contributed by atoms with Gasteiger partial charge in [-0.05, 0) is 43.3 Å². The van der Waals surface area contributed by atoms with Crippen molar-refractivity contribution in [1.29, 1.82) is 5.26 Å². The number of hydrogen-bond donors (Lipinski definition) is 1. The Hall–Kier alpha value is -1.70. The van der Waals surface area contributed by atoms with Crippen molar-refractivity contribution in [3.63, 3.8) is 0 Å². The summed E-state index contributed by atoms with van der Waals surface area (Å²) in [6.07, 6.45) is 0. The zero-order chi connectivity index (χ0) is 13.8. The van der Waals surface area contributed by atoms with Crippen LogP contribution in [0.5, 0.6) is 0 Å². The van der Waals surface area contributed by atoms with Crippen LogP contribution >= 0.6 is 11.3 Å². The Morgan fingerprint density at radius 1 is 1.37 bits per heavy atom. The lowest BCUT2D eigenvalue weighted by molar-refractivity contribution is 0.593. The molecule has 1 aromatic carbocycles. The van der Waals surface area contributed by atoms with Crippen LogP contribution < -0.4 is 5.32 Å². The molecule has 1 unspecified atom stereocenters. The van der Waals surface area contributed by atoms with Crippen molar-refractivity contribution in [2.24, 2.45) is 0 Å². The third-order valence-corrected chi connectivity index (χ3v) is 4.01. The zero-order valence-electron chi connectivity index (χ0n) is 10.9. The van der Waals surface area contributed by atoms with Crippen molar-refractivity contribution < 1.29 is 4.39 Å². The Bertz CT molecular complexity index is 613. The summed E-state index contributed by atoms with van der Waals surface area (Å²) in [7, 11) is 0. The average molecular weight is 274 g/mol. The number of hydrogen-bond acceptors (Lipinski definition) is 3. The molecule has 0 amide bonds. The van der Waals surface area contributed by atoms with E-state index >= 15 is 0 Å². The largest absolute Gasteiger partial charge is 0.310 e. The maximum Gasteiger partial charge on any atom is 0.131 e. The molecule has 0 bridgehead atoms. The highest BCUT2D eigenvalue weighted by Gasteiger charge is 2.11. The Labute approximate surface area is 116 Å². The molecule has 2 nitrogen and oxygen atoms in total. The highest BCUT2D eigenvalue weighted by atomic mass is 32.1. The molecule has 1 N–H and O–H groups in total. The number of thiophene rings is 1. The Morgan fingerprint density at radius 3 is 2.79 bits per heavy atom. The normalized spacial score (nSPS) is 12.1. The molecule has 98 valence electrons. The van der Waals surface area contributed by atoms with Crippen molar-refractivity contribution in [3.05, 3.63) is 46.6 Å². The van der Waals surface area contributed by atoms with Gasteiger partial charge in [-0.3, -0.25) is 0 Å². The fraction of sp³-hybridized carbons (Fsp3) is 0.267. The van der Waals surface area contributed by atoms with Crippen LogP contribution in [0.25, 0.3) is 10.4 Å². The quantitative estimate of drug-likeness (QED) is 0.911. The van der Waals surface area contributed by atoms with E-state index in [1.165, 1.54) is 17.4 Å². The molecule has 0 aliphatic carbocycles. The van der Waals surface area contributed by atoms with E-state index in [9.17, 15) is 4.39 Å². The SMILES string of the molecule is CCNC(C)c1ccc(F)c(-c2ccc(C#N)s2)c1. The Kier molecular flexibility index (Phi) is 4.31. The fourth-order valence-corrected chi connectivity index (χ4v) is 2.79. The summed E-state index contributed by atoms with van der Waals surface area (Å²) in [5.41, 5.74) is 1.61. The summed E-state index contributed by atoms with van der Waals surface area (Å²) in [6.45, 7) is 4.96. The smallest absolute Gasteiger partial charge is 0.131 e. The van der Waals surface area contributed by atoms with Gasteiger partial charge in [0, 0.05) is 16.5 Å². The van der Waals surface area contributed by atoms with E-state index in [1.807, 2.05) is 13.0 Å². The van der Waals surface area contributed by atoms with Gasteiger partial charge in [0.15, 0.2) is 0 Å². The number of nitrogens with zero attached hydrogens (tertiary/aromatic N) is 1. The minimum absolute atomic E-state index is 0.180. The van der Waals surface area contributed by atoms with Crippen molar-refractivity contribution in [2.45, 2.75) is 19.9 Å². The van der Waals surface area contributed by atoms with Crippen molar-refractivity contribution in [2.75, 3.05) is 6.54 Å². The van der Waals surface area contributed by atoms with Gasteiger partial charge in [0.1, 0.15) is 16.8 Å². The fourth-order valence-electron chi connectivity index (χ4n) is 1.97. The number of nitriles is 1. The lowest BCUT2D eigenvalue weighted by atomic mass is 10.0. The van der Waals surface area contributed by atoms with E-state index in [2.05, 4.69) is 18.3 Å². The predicted molar refractivity (Wildman–Crippen MR) is 76.5 cm³/mol. The van der Waals surface area contributed by atoms with Gasteiger partial charge in [0.25, 0.3) is 0 Å². The average Bonchev–Trinajstić information content (AvgIpc) is 2.88. The molecule has 0 radical (unpaired) electrons. The Morgan fingerprint density at radius 2 is 2.16 bits per heavy atom. The molecule has 0 fully saturated rings. The highest BCUT2D eigenvalue weighted by molar-refractivity contribution is 7.16. The summed E-state index contributed by atoms with van der Waals surface area (Å²) in [5.74, 6) is -0.251. The van der Waals surface area contributed by atoms with Gasteiger partial charge in [-0.25, -0.2) is 4.39 Å². The van der Waals surface area contributed by atoms with Gasteiger partial charge in [-0.1, -0.05) is 13.0 Å². The van der Waals surface area contributed by atoms with Gasteiger partial charge in [-0.2, -0.15) is 5.26 Å². The number of halogens is 1. The van der Waals surface area contributed by atoms with Crippen LogP contribution in [-0.4, -0.2) is 6.54 Å². The standard InChI is InChI=1S/C15H15FN2S/c1-3-18-10(2)11-4-6-14(16)13(8-11)15-7-5-12(9-17)19-15/h4-8,10,18H,3H2,1-2H3. The summed E-state index contributed by atoms with van der Waals surface area (Å²) in [5, 5.41) is 12.1. The van der Waals surface area contributed by atoms with Crippen molar-refractivity contribution >= 4 is 11.3 Å². The van der Waals surface area contributed by atoms with Gasteiger partial charge in [0.2, 0.25) is 0 Å². The van der Waals surface area contributed by atoms with Crippen LogP contribution in [-0.2, 0) is 0 Å². The molecular formula is C15H15FN2S. The lowest BCUT2D eigenvalue weighted by Gasteiger charge is -2.14. The molecule has 1 heterocycles. The van der Waals surface area contributed by atoms with Crippen molar-refractivity contribution in [3.8, 4) is 16.5 Å². The second-order valence-electron chi connectivity index (χ2n) is 4.29. The molecule has 0 spiro atoms. The molecule has 2 rings (SSSR count). The molecule has 19 heavy (non-hydrogen) atoms. The molecule has 0 saturated heterocycles. The first-order chi connectivity index (χ1) is 9.15. The number of nitrogens with one attached hydrogen (secondary N) is 1. The zero-order valence-corrected chi connectivity index (χ0v) is 11.7. The molecule has 4 heteroatoms. The minimum atomic E-state index is -0.251. The van der Waals surface area contributed by atoms with Gasteiger partial charge < -0.3 is 5.32 Å². The second-order valence-corrected chi connectivity index (χ2v) is 5.38. The van der Waals surface area contributed by atoms with E-state index in [0.29, 0.717) is 10.4 Å². The van der Waals surface area contributed by atoms with E-state index in [4.69, 9.17) is 5.26 Å². The molecule has 2 aromatic rings. The summed E-state index contributed by atoms with van der Waals surface area (Å²) < 4.78 is 13.9. The van der Waals surface area contributed by atoms with E-state index in [-0.39, 0.29) is 11.9 Å². The van der Waals surface area contributed by atoms with Gasteiger partial charge in [0.05, 0.1) is 0 Å². The van der Waals surface area contributed by atoms with Crippen molar-refractivity contribution in [1.82, 2.24) is 5.32 Å². The lowest BCUT2D eigenvalue weighted by Crippen LogP contribution is -2.17. The summed E-state index contributed by atoms with van der Waals surface area (Å²) >= 11 is 1.31. The first-order valence-electron chi connectivity index (χ1n) is 6.18. The third-order valence-electron chi connectivity index (χ3n) is 2.98. The molecule has 1 aromatic heterocycles. The van der Waals surface area contributed by atoms with Crippen LogP contribution in [0.3, 0.4) is 0 Å². The summed E-state index contributed by atoms with van der Waals surface area (Å²) in [6, 6.07) is 10.9. The first kappa shape index (κ1) is 13.7. The van der Waals surface area contributed by atoms with E-state index < -0.39 is 0 Å². The first-order valence-corrected chi connectivity index (χ1v) is 7.00. The topological polar surface area (TPSA) is 35.8 Å². The maximum absolute atomic E-state index is 13.9. The highest BCUT2D eigenvalue weighted by Crippen LogP contribution is 2.31. The maximum atomic E-state index is 13.9. The molecule has 0 saturated carbocycles. The molecule has 0 aliphatic heterocycles. The van der Waals surface area contributed by atoms with E-state index in [0.717, 1.165) is 17.0 Å².